The van der Waals surface area contributed by atoms with Gasteiger partial charge in [0.2, 0.25) is 5.91 Å². The van der Waals surface area contributed by atoms with Crippen LogP contribution in [0.3, 0.4) is 0 Å². The predicted octanol–water partition coefficient (Wildman–Crippen LogP) is 2.11. The minimum Gasteiger partial charge on any atom is -0.465 e. The molecule has 0 N–H and O–H groups in total. The van der Waals surface area contributed by atoms with Gasteiger partial charge < -0.3 is 4.74 Å². The molecule has 0 fully saturated rings. The maximum absolute atomic E-state index is 11.8. The molecule has 0 saturated heterocycles. The maximum Gasteiger partial charge on any atom is 0.323 e. The molecule has 6 heteroatoms. The van der Waals surface area contributed by atoms with Crippen molar-refractivity contribution in [2.24, 2.45) is 10.5 Å². The van der Waals surface area contributed by atoms with E-state index in [-0.39, 0.29) is 6.61 Å². The van der Waals surface area contributed by atoms with E-state index in [1.54, 1.807) is 13.0 Å². The number of hydrogen-bond acceptors (Lipinski definition) is 3. The molecule has 1 amide bonds. The van der Waals surface area contributed by atoms with Crippen molar-refractivity contribution < 1.29 is 14.3 Å². The van der Waals surface area contributed by atoms with Crippen molar-refractivity contribution in [1.82, 2.24) is 0 Å². The molecule has 86 valence electrons. The molecule has 6 nitrogen and oxygen atoms in total. The van der Waals surface area contributed by atoms with Crippen molar-refractivity contribution in [3.8, 4) is 0 Å². The molecule has 1 aliphatic rings. The van der Waals surface area contributed by atoms with Crippen LogP contribution < -0.4 is 0 Å². The van der Waals surface area contributed by atoms with Crippen molar-refractivity contribution >= 4 is 11.9 Å². The number of carbonyl (C=O) groups is 2. The Morgan fingerprint density at radius 3 is 2.88 bits per heavy atom. The van der Waals surface area contributed by atoms with Crippen molar-refractivity contribution in [2.45, 2.75) is 26.2 Å². The molecule has 16 heavy (non-hydrogen) atoms. The van der Waals surface area contributed by atoms with Crippen molar-refractivity contribution in [3.05, 3.63) is 22.6 Å². The molecule has 0 spiro atoms. The van der Waals surface area contributed by atoms with Gasteiger partial charge in [0.15, 0.2) is 5.41 Å². The summed E-state index contributed by atoms with van der Waals surface area (Å²) in [6.07, 6.45) is 5.07. The largest absolute Gasteiger partial charge is 0.465 e. The van der Waals surface area contributed by atoms with E-state index in [0.717, 1.165) is 6.42 Å². The van der Waals surface area contributed by atoms with E-state index < -0.39 is 17.3 Å². The highest BCUT2D eigenvalue weighted by Crippen LogP contribution is 2.34. The van der Waals surface area contributed by atoms with Gasteiger partial charge in [0.25, 0.3) is 0 Å². The fourth-order valence-electron chi connectivity index (χ4n) is 1.69. The number of rotatable bonds is 3. The Kier molecular flexibility index (Phi) is 4.08. The van der Waals surface area contributed by atoms with E-state index in [9.17, 15) is 9.59 Å². The first-order valence-electron chi connectivity index (χ1n) is 5.12. The van der Waals surface area contributed by atoms with Gasteiger partial charge in [-0.25, -0.2) is 0 Å². The van der Waals surface area contributed by atoms with Crippen molar-refractivity contribution in [1.29, 1.82) is 0 Å². The summed E-state index contributed by atoms with van der Waals surface area (Å²) in [4.78, 5) is 25.9. The van der Waals surface area contributed by atoms with E-state index >= 15 is 0 Å². The highest BCUT2D eigenvalue weighted by molar-refractivity contribution is 6.05. The van der Waals surface area contributed by atoms with Crippen LogP contribution in [0, 0.1) is 5.41 Å². The number of amides is 1. The standard InChI is InChI=1S/C10H13N3O3/c1-2-16-9(15)10(8(14)12-13-11)6-4-3-5-7-10/h4,6H,2-3,5,7H2,1H3/t10-/m0/s1. The Hall–Kier alpha value is -1.81. The molecule has 1 rings (SSSR count). The Morgan fingerprint density at radius 2 is 2.38 bits per heavy atom. The number of esters is 1. The second-order valence-corrected chi connectivity index (χ2v) is 3.48. The molecule has 0 aliphatic heterocycles. The van der Waals surface area contributed by atoms with Crippen LogP contribution in [-0.2, 0) is 14.3 Å². The Labute approximate surface area is 92.9 Å². The summed E-state index contributed by atoms with van der Waals surface area (Å²) < 4.78 is 4.86. The van der Waals surface area contributed by atoms with Crippen LogP contribution in [0.4, 0.5) is 0 Å². The third-order valence-electron chi connectivity index (χ3n) is 2.50. The average Bonchev–Trinajstić information content (AvgIpc) is 2.30. The first kappa shape index (κ1) is 12.3. The summed E-state index contributed by atoms with van der Waals surface area (Å²) in [5.41, 5.74) is 6.85. The first-order chi connectivity index (χ1) is 7.67. The quantitative estimate of drug-likeness (QED) is 0.183. The molecule has 0 bridgehead atoms. The third kappa shape index (κ3) is 2.23. The van der Waals surface area contributed by atoms with Crippen molar-refractivity contribution in [2.75, 3.05) is 6.61 Å². The second kappa shape index (κ2) is 5.32. The van der Waals surface area contributed by atoms with Crippen molar-refractivity contribution in [3.63, 3.8) is 0 Å². The van der Waals surface area contributed by atoms with Gasteiger partial charge in [0, 0.05) is 4.91 Å². The van der Waals surface area contributed by atoms with Gasteiger partial charge >= 0.3 is 5.97 Å². The van der Waals surface area contributed by atoms with Crippen LogP contribution >= 0.6 is 0 Å². The number of azide groups is 1. The summed E-state index contributed by atoms with van der Waals surface area (Å²) in [5, 5.41) is 3.01. The Morgan fingerprint density at radius 1 is 1.62 bits per heavy atom. The highest BCUT2D eigenvalue weighted by Gasteiger charge is 2.44. The fraction of sp³-hybridized carbons (Fsp3) is 0.600. The van der Waals surface area contributed by atoms with Gasteiger partial charge in [0.05, 0.1) is 6.61 Å². The summed E-state index contributed by atoms with van der Waals surface area (Å²) >= 11 is 0. The summed E-state index contributed by atoms with van der Waals surface area (Å²) in [5.74, 6) is -1.42. The molecule has 0 heterocycles. The number of hydrogen-bond donors (Lipinski definition) is 0. The summed E-state index contributed by atoms with van der Waals surface area (Å²) in [6.45, 7) is 1.86. The van der Waals surface area contributed by atoms with E-state index in [4.69, 9.17) is 10.3 Å². The predicted molar refractivity (Wildman–Crippen MR) is 56.2 cm³/mol. The number of allylic oxidation sites excluding steroid dienone is 1. The second-order valence-electron chi connectivity index (χ2n) is 3.48. The van der Waals surface area contributed by atoms with E-state index in [1.807, 2.05) is 0 Å². The molecule has 0 aromatic heterocycles. The number of nitrogens with zero attached hydrogens (tertiary/aromatic N) is 3. The first-order valence-corrected chi connectivity index (χ1v) is 5.12. The summed E-state index contributed by atoms with van der Waals surface area (Å²) in [6, 6.07) is 0. The van der Waals surface area contributed by atoms with Crippen LogP contribution in [0.1, 0.15) is 26.2 Å². The van der Waals surface area contributed by atoms with Crippen LogP contribution in [-0.4, -0.2) is 18.5 Å². The third-order valence-corrected chi connectivity index (χ3v) is 2.50. The SMILES string of the molecule is CCOC(=O)[C@@]1(C(=O)N=[N+]=[N-])C=CCCC1. The topological polar surface area (TPSA) is 92.1 Å². The van der Waals surface area contributed by atoms with E-state index in [1.165, 1.54) is 6.08 Å². The Balaban J connectivity index is 3.05. The lowest BCUT2D eigenvalue weighted by Crippen LogP contribution is -2.39. The molecule has 0 saturated carbocycles. The highest BCUT2D eigenvalue weighted by atomic mass is 16.5. The molecule has 0 aromatic rings. The lowest BCUT2D eigenvalue weighted by molar-refractivity contribution is -0.157. The normalized spacial score (nSPS) is 23.3. The molecular formula is C10H13N3O3. The van der Waals surface area contributed by atoms with Crippen LogP contribution in [0.2, 0.25) is 0 Å². The van der Waals surface area contributed by atoms with Crippen LogP contribution in [0.15, 0.2) is 17.3 Å². The average molecular weight is 223 g/mol. The maximum atomic E-state index is 11.8. The monoisotopic (exact) mass is 223 g/mol. The number of carbonyl (C=O) groups excluding carboxylic acids is 2. The zero-order chi connectivity index (χ0) is 12.0. The van der Waals surface area contributed by atoms with Gasteiger partial charge in [-0.1, -0.05) is 12.2 Å². The van der Waals surface area contributed by atoms with E-state index in [2.05, 4.69) is 10.0 Å². The Bertz CT molecular complexity index is 372. The van der Waals surface area contributed by atoms with E-state index in [0.29, 0.717) is 12.8 Å². The molecule has 1 aliphatic carbocycles. The molecule has 0 radical (unpaired) electrons. The molecule has 0 aromatic carbocycles. The van der Waals surface area contributed by atoms with Crippen LogP contribution in [0.25, 0.3) is 10.4 Å². The van der Waals surface area contributed by atoms with Gasteiger partial charge in [-0.15, -0.1) is 0 Å². The lowest BCUT2D eigenvalue weighted by atomic mass is 9.78. The van der Waals surface area contributed by atoms with Gasteiger partial charge in [-0.2, -0.15) is 0 Å². The van der Waals surface area contributed by atoms with Gasteiger partial charge in [0.1, 0.15) is 0 Å². The minimum absolute atomic E-state index is 0.192. The minimum atomic E-state index is -1.40. The smallest absolute Gasteiger partial charge is 0.323 e. The van der Waals surface area contributed by atoms with Gasteiger partial charge in [-0.05, 0) is 36.8 Å². The van der Waals surface area contributed by atoms with Crippen LogP contribution in [0.5, 0.6) is 0 Å². The zero-order valence-corrected chi connectivity index (χ0v) is 9.05. The molecule has 1 atom stereocenters. The summed E-state index contributed by atoms with van der Waals surface area (Å²) in [7, 11) is 0. The zero-order valence-electron chi connectivity index (χ0n) is 9.05. The fourth-order valence-corrected chi connectivity index (χ4v) is 1.69. The van der Waals surface area contributed by atoms with Gasteiger partial charge in [-0.3, -0.25) is 9.59 Å². The molecule has 0 unspecified atom stereocenters. The number of ether oxygens (including phenoxy) is 1. The molecular weight excluding hydrogens is 210 g/mol. The lowest BCUT2D eigenvalue weighted by Gasteiger charge is -2.27.